The molecule has 2 aromatic rings. The largest absolute Gasteiger partial charge is 0.493 e. The van der Waals surface area contributed by atoms with Crippen LogP contribution in [0.25, 0.3) is 6.08 Å². The number of amides is 1. The van der Waals surface area contributed by atoms with Gasteiger partial charge in [-0.3, -0.25) is 9.69 Å². The van der Waals surface area contributed by atoms with Gasteiger partial charge in [0.25, 0.3) is 5.91 Å². The summed E-state index contributed by atoms with van der Waals surface area (Å²) in [6.07, 6.45) is 5.26. The summed E-state index contributed by atoms with van der Waals surface area (Å²) < 4.78 is 5.52. The molecule has 134 valence electrons. The van der Waals surface area contributed by atoms with Gasteiger partial charge in [0.05, 0.1) is 6.61 Å². The van der Waals surface area contributed by atoms with Crippen LogP contribution in [0.3, 0.4) is 0 Å². The van der Waals surface area contributed by atoms with Crippen LogP contribution in [0.2, 0.25) is 0 Å². The van der Waals surface area contributed by atoms with Crippen molar-refractivity contribution in [1.29, 1.82) is 0 Å². The summed E-state index contributed by atoms with van der Waals surface area (Å²) >= 11 is 0. The minimum Gasteiger partial charge on any atom is -0.493 e. The molecule has 2 aromatic carbocycles. The summed E-state index contributed by atoms with van der Waals surface area (Å²) in [5.74, 6) is 1.07. The number of ether oxygens (including phenoxy) is 1. The van der Waals surface area contributed by atoms with Gasteiger partial charge in [0.1, 0.15) is 5.75 Å². The van der Waals surface area contributed by atoms with Gasteiger partial charge in [-0.1, -0.05) is 42.5 Å². The number of piperazine rings is 1. The molecule has 0 atom stereocenters. The lowest BCUT2D eigenvalue weighted by molar-refractivity contribution is 0.0650. The third-order valence-electron chi connectivity index (χ3n) is 5.07. The maximum Gasteiger partial charge on any atom is 0.253 e. The predicted octanol–water partition coefficient (Wildman–Crippen LogP) is 3.09. The first-order valence-electron chi connectivity index (χ1n) is 9.28. The number of fused-ring (bicyclic) bond motifs is 1. The lowest BCUT2D eigenvalue weighted by Crippen LogP contribution is -2.48. The minimum absolute atomic E-state index is 0.138. The lowest BCUT2D eigenvalue weighted by Gasteiger charge is -2.34. The molecule has 26 heavy (non-hydrogen) atoms. The Morgan fingerprint density at radius 1 is 1.04 bits per heavy atom. The number of carbonyl (C=O) groups is 1. The van der Waals surface area contributed by atoms with E-state index in [1.807, 2.05) is 29.2 Å². The van der Waals surface area contributed by atoms with E-state index in [4.69, 9.17) is 4.74 Å². The zero-order valence-corrected chi connectivity index (χ0v) is 14.9. The smallest absolute Gasteiger partial charge is 0.253 e. The summed E-state index contributed by atoms with van der Waals surface area (Å²) in [6.45, 7) is 5.05. The number of nitrogens with zero attached hydrogens (tertiary/aromatic N) is 2. The zero-order chi connectivity index (χ0) is 17.8. The Hall–Kier alpha value is -2.59. The van der Waals surface area contributed by atoms with E-state index in [0.29, 0.717) is 0 Å². The van der Waals surface area contributed by atoms with Crippen LogP contribution in [-0.4, -0.2) is 55.0 Å². The fourth-order valence-corrected chi connectivity index (χ4v) is 3.54. The van der Waals surface area contributed by atoms with Crippen molar-refractivity contribution in [1.82, 2.24) is 9.80 Å². The van der Waals surface area contributed by atoms with Crippen molar-refractivity contribution in [2.75, 3.05) is 39.3 Å². The number of carbonyl (C=O) groups excluding carboxylic acids is 1. The topological polar surface area (TPSA) is 32.8 Å². The van der Waals surface area contributed by atoms with Crippen LogP contribution in [0.4, 0.5) is 0 Å². The number of benzene rings is 2. The van der Waals surface area contributed by atoms with Crippen LogP contribution in [-0.2, 0) is 6.42 Å². The van der Waals surface area contributed by atoms with E-state index in [1.54, 1.807) is 0 Å². The van der Waals surface area contributed by atoms with E-state index < -0.39 is 0 Å². The Balaban J connectivity index is 1.29. The van der Waals surface area contributed by atoms with Gasteiger partial charge in [0, 0.05) is 44.7 Å². The SMILES string of the molecule is O=C(c1ccc2c(c1)CCO2)N1CCN(CC=Cc2ccccc2)CC1. The third kappa shape index (κ3) is 3.81. The fraction of sp³-hybridized carbons (Fsp3) is 0.318. The lowest BCUT2D eigenvalue weighted by atomic mass is 10.1. The summed E-state index contributed by atoms with van der Waals surface area (Å²) in [5, 5.41) is 0. The van der Waals surface area contributed by atoms with Crippen LogP contribution >= 0.6 is 0 Å². The second-order valence-electron chi connectivity index (χ2n) is 6.83. The zero-order valence-electron chi connectivity index (χ0n) is 14.9. The van der Waals surface area contributed by atoms with Crippen molar-refractivity contribution in [3.05, 3.63) is 71.3 Å². The summed E-state index contributed by atoms with van der Waals surface area (Å²) in [5.41, 5.74) is 3.16. The molecule has 1 fully saturated rings. The Morgan fingerprint density at radius 3 is 2.65 bits per heavy atom. The highest BCUT2D eigenvalue weighted by atomic mass is 16.5. The molecule has 0 aliphatic carbocycles. The normalized spacial score (nSPS) is 17.3. The van der Waals surface area contributed by atoms with E-state index in [-0.39, 0.29) is 5.91 Å². The van der Waals surface area contributed by atoms with Gasteiger partial charge in [-0.05, 0) is 29.3 Å². The van der Waals surface area contributed by atoms with Crippen molar-refractivity contribution in [2.45, 2.75) is 6.42 Å². The Kier molecular flexibility index (Phi) is 5.02. The minimum atomic E-state index is 0.138. The van der Waals surface area contributed by atoms with Gasteiger partial charge >= 0.3 is 0 Å². The second-order valence-corrected chi connectivity index (χ2v) is 6.83. The van der Waals surface area contributed by atoms with Gasteiger partial charge < -0.3 is 9.64 Å². The fourth-order valence-electron chi connectivity index (χ4n) is 3.54. The molecule has 0 saturated carbocycles. The van der Waals surface area contributed by atoms with E-state index in [9.17, 15) is 4.79 Å². The first kappa shape index (κ1) is 16.9. The molecule has 0 radical (unpaired) electrons. The summed E-state index contributed by atoms with van der Waals surface area (Å²) in [6, 6.07) is 16.2. The van der Waals surface area contributed by atoms with Crippen LogP contribution in [0.15, 0.2) is 54.6 Å². The van der Waals surface area contributed by atoms with Crippen molar-refractivity contribution >= 4 is 12.0 Å². The van der Waals surface area contributed by atoms with Crippen molar-refractivity contribution in [3.63, 3.8) is 0 Å². The molecular formula is C22H24N2O2. The molecule has 2 aliphatic rings. The number of hydrogen-bond donors (Lipinski definition) is 0. The van der Waals surface area contributed by atoms with Gasteiger partial charge in [0.2, 0.25) is 0 Å². The molecule has 0 spiro atoms. The van der Waals surface area contributed by atoms with Gasteiger partial charge in [0.15, 0.2) is 0 Å². The summed E-state index contributed by atoms with van der Waals surface area (Å²) in [7, 11) is 0. The van der Waals surface area contributed by atoms with Crippen LogP contribution in [0.5, 0.6) is 5.75 Å². The van der Waals surface area contributed by atoms with Crippen LogP contribution in [0.1, 0.15) is 21.5 Å². The van der Waals surface area contributed by atoms with Crippen molar-refractivity contribution < 1.29 is 9.53 Å². The van der Waals surface area contributed by atoms with Crippen molar-refractivity contribution in [2.24, 2.45) is 0 Å². The Bertz CT molecular complexity index is 793. The highest BCUT2D eigenvalue weighted by molar-refractivity contribution is 5.94. The van der Waals surface area contributed by atoms with Gasteiger partial charge in [-0.2, -0.15) is 0 Å². The van der Waals surface area contributed by atoms with E-state index in [1.165, 1.54) is 5.56 Å². The molecule has 0 bridgehead atoms. The predicted molar refractivity (Wildman–Crippen MR) is 103 cm³/mol. The maximum atomic E-state index is 12.8. The molecule has 2 aliphatic heterocycles. The summed E-state index contributed by atoms with van der Waals surface area (Å²) in [4.78, 5) is 17.1. The molecule has 0 unspecified atom stereocenters. The molecule has 4 nitrogen and oxygen atoms in total. The first-order valence-corrected chi connectivity index (χ1v) is 9.28. The highest BCUT2D eigenvalue weighted by Gasteiger charge is 2.23. The van der Waals surface area contributed by atoms with Crippen LogP contribution < -0.4 is 4.74 Å². The van der Waals surface area contributed by atoms with Crippen molar-refractivity contribution in [3.8, 4) is 5.75 Å². The highest BCUT2D eigenvalue weighted by Crippen LogP contribution is 2.26. The molecular weight excluding hydrogens is 324 g/mol. The van der Waals surface area contributed by atoms with E-state index in [0.717, 1.165) is 62.6 Å². The molecule has 4 heteroatoms. The molecule has 0 aromatic heterocycles. The number of rotatable bonds is 4. The molecule has 1 amide bonds. The monoisotopic (exact) mass is 348 g/mol. The molecule has 0 N–H and O–H groups in total. The number of hydrogen-bond acceptors (Lipinski definition) is 3. The van der Waals surface area contributed by atoms with Gasteiger partial charge in [-0.15, -0.1) is 0 Å². The van der Waals surface area contributed by atoms with E-state index in [2.05, 4.69) is 41.3 Å². The Labute approximate surface area is 154 Å². The average molecular weight is 348 g/mol. The second kappa shape index (κ2) is 7.75. The van der Waals surface area contributed by atoms with Crippen LogP contribution in [0, 0.1) is 0 Å². The quantitative estimate of drug-likeness (QED) is 0.851. The third-order valence-corrected chi connectivity index (χ3v) is 5.07. The maximum absolute atomic E-state index is 12.8. The van der Waals surface area contributed by atoms with Gasteiger partial charge in [-0.25, -0.2) is 0 Å². The standard InChI is InChI=1S/C22H24N2O2/c25-22(20-8-9-21-19(17-20)10-16-26-21)24-14-12-23(13-15-24)11-4-7-18-5-2-1-3-6-18/h1-9,17H,10-16H2. The first-order chi connectivity index (χ1) is 12.8. The average Bonchev–Trinajstić information content (AvgIpc) is 3.17. The molecule has 4 rings (SSSR count). The van der Waals surface area contributed by atoms with E-state index >= 15 is 0 Å². The molecule has 2 heterocycles. The Morgan fingerprint density at radius 2 is 1.85 bits per heavy atom. The molecule has 1 saturated heterocycles.